The molecule has 2 aromatic rings. The molecule has 1 aromatic heterocycles. The Morgan fingerprint density at radius 1 is 1.21 bits per heavy atom. The zero-order valence-corrected chi connectivity index (χ0v) is 20.1. The van der Waals surface area contributed by atoms with Gasteiger partial charge in [-0.2, -0.15) is 18.2 Å². The molecule has 1 aromatic carbocycles. The van der Waals surface area contributed by atoms with Crippen LogP contribution in [0.4, 0.5) is 13.2 Å². The van der Waals surface area contributed by atoms with Crippen molar-refractivity contribution in [3.05, 3.63) is 45.2 Å². The van der Waals surface area contributed by atoms with Gasteiger partial charge in [0.1, 0.15) is 5.75 Å². The van der Waals surface area contributed by atoms with Crippen LogP contribution in [0.5, 0.6) is 5.75 Å². The molecule has 0 aliphatic heterocycles. The minimum absolute atomic E-state index is 0.00328. The summed E-state index contributed by atoms with van der Waals surface area (Å²) in [5.74, 6) is -1.72. The maximum atomic E-state index is 13.6. The van der Waals surface area contributed by atoms with E-state index in [-0.39, 0.29) is 36.5 Å². The molecule has 182 valence electrons. The Morgan fingerprint density at radius 2 is 1.88 bits per heavy atom. The third-order valence-corrected chi connectivity index (χ3v) is 5.99. The van der Waals surface area contributed by atoms with Gasteiger partial charge in [-0.05, 0) is 36.0 Å². The van der Waals surface area contributed by atoms with Crippen molar-refractivity contribution >= 4 is 23.2 Å². The molecule has 0 atom stereocenters. The van der Waals surface area contributed by atoms with Gasteiger partial charge in [-0.1, -0.05) is 34.6 Å². The average molecular weight is 487 g/mol. The Kier molecular flexibility index (Phi) is 8.51. The summed E-state index contributed by atoms with van der Waals surface area (Å²) in [5.41, 5.74) is -1.92. The van der Waals surface area contributed by atoms with Crippen molar-refractivity contribution in [2.75, 3.05) is 6.61 Å². The maximum Gasteiger partial charge on any atom is 0.417 e. The lowest BCUT2D eigenvalue weighted by Crippen LogP contribution is -2.20. The van der Waals surface area contributed by atoms with Crippen LogP contribution in [0.15, 0.2) is 29.4 Å². The molecule has 0 fully saturated rings. The number of carboxylic acids is 1. The summed E-state index contributed by atoms with van der Waals surface area (Å²) in [5, 5.41) is 8.68. The summed E-state index contributed by atoms with van der Waals surface area (Å²) in [4.78, 5) is 28.9. The number of benzene rings is 1. The number of carbonyl (C=O) groups excluding carboxylic acids is 1. The van der Waals surface area contributed by atoms with Crippen LogP contribution < -0.4 is 9.54 Å². The highest BCUT2D eigenvalue weighted by atomic mass is 32.1. The van der Waals surface area contributed by atoms with Crippen LogP contribution in [0.2, 0.25) is 0 Å². The third kappa shape index (κ3) is 7.73. The van der Waals surface area contributed by atoms with E-state index >= 15 is 0 Å². The van der Waals surface area contributed by atoms with Crippen molar-refractivity contribution in [2.24, 2.45) is 10.9 Å². The fourth-order valence-electron chi connectivity index (χ4n) is 2.94. The molecule has 6 nitrogen and oxygen atoms in total. The summed E-state index contributed by atoms with van der Waals surface area (Å²) >= 11 is 1.28. The summed E-state index contributed by atoms with van der Waals surface area (Å²) in [6, 6.07) is 2.91. The maximum absolute atomic E-state index is 13.6. The van der Waals surface area contributed by atoms with Gasteiger partial charge in [-0.25, -0.2) is 0 Å². The van der Waals surface area contributed by atoms with Crippen LogP contribution in [0.25, 0.3) is 0 Å². The lowest BCUT2D eigenvalue weighted by molar-refractivity contribution is -0.138. The highest BCUT2D eigenvalue weighted by molar-refractivity contribution is 7.09. The second-order valence-electron chi connectivity index (χ2n) is 9.14. The number of carboxylic acid groups (broad SMARTS) is 1. The second-order valence-corrected chi connectivity index (χ2v) is 10.2. The number of aromatic nitrogens is 1. The van der Waals surface area contributed by atoms with Crippen molar-refractivity contribution < 1.29 is 32.6 Å². The average Bonchev–Trinajstić information content (AvgIpc) is 3.06. The highest BCUT2D eigenvalue weighted by Gasteiger charge is 2.35. The first kappa shape index (κ1) is 26.6. The molecule has 0 radical (unpaired) electrons. The van der Waals surface area contributed by atoms with Crippen molar-refractivity contribution in [2.45, 2.75) is 65.6 Å². The third-order valence-electron chi connectivity index (χ3n) is 4.55. The monoisotopic (exact) mass is 486 g/mol. The van der Waals surface area contributed by atoms with Gasteiger partial charge in [0.25, 0.3) is 5.91 Å². The number of aliphatic carboxylic acids is 1. The zero-order valence-electron chi connectivity index (χ0n) is 19.3. The largest absolute Gasteiger partial charge is 0.494 e. The van der Waals surface area contributed by atoms with Crippen LogP contribution >= 0.6 is 11.3 Å². The van der Waals surface area contributed by atoms with E-state index in [1.807, 2.05) is 40.8 Å². The molecule has 33 heavy (non-hydrogen) atoms. The number of thiazole rings is 1. The smallest absolute Gasteiger partial charge is 0.417 e. The van der Waals surface area contributed by atoms with E-state index in [9.17, 15) is 22.8 Å². The van der Waals surface area contributed by atoms with Gasteiger partial charge < -0.3 is 14.4 Å². The van der Waals surface area contributed by atoms with Crippen molar-refractivity contribution in [1.82, 2.24) is 4.57 Å². The molecule has 0 aliphatic carbocycles. The fraction of sp³-hybridized carbons (Fsp3) is 0.522. The number of amides is 1. The normalized spacial score (nSPS) is 12.9. The number of hydrogen-bond acceptors (Lipinski definition) is 4. The molecule has 0 aliphatic rings. The molecule has 10 heteroatoms. The van der Waals surface area contributed by atoms with Gasteiger partial charge in [0.2, 0.25) is 0 Å². The molecular weight excluding hydrogens is 457 g/mol. The number of ether oxygens (including phenoxy) is 1. The zero-order chi connectivity index (χ0) is 25.0. The Labute approximate surface area is 194 Å². The summed E-state index contributed by atoms with van der Waals surface area (Å²) < 4.78 is 47.9. The highest BCUT2D eigenvalue weighted by Crippen LogP contribution is 2.34. The van der Waals surface area contributed by atoms with Gasteiger partial charge in [0.15, 0.2) is 4.80 Å². The topological polar surface area (TPSA) is 80.9 Å². The predicted molar refractivity (Wildman–Crippen MR) is 120 cm³/mol. The summed E-state index contributed by atoms with van der Waals surface area (Å²) in [6.07, 6.45) is -2.80. The molecular formula is C23H29F3N2O4S. The molecule has 0 bridgehead atoms. The van der Waals surface area contributed by atoms with E-state index in [0.29, 0.717) is 11.3 Å². The first-order valence-electron chi connectivity index (χ1n) is 10.5. The van der Waals surface area contributed by atoms with E-state index in [2.05, 4.69) is 4.99 Å². The number of nitrogens with zero attached hydrogens (tertiary/aromatic N) is 2. The number of rotatable bonds is 8. The van der Waals surface area contributed by atoms with E-state index < -0.39 is 29.2 Å². The number of halogens is 3. The molecule has 0 unspecified atom stereocenters. The lowest BCUT2D eigenvalue weighted by Gasteiger charge is -2.14. The molecule has 1 N–H and O–H groups in total. The van der Waals surface area contributed by atoms with E-state index in [1.165, 1.54) is 11.3 Å². The number of hydrogen-bond donors (Lipinski definition) is 1. The first-order valence-corrected chi connectivity index (χ1v) is 11.4. The number of carbonyl (C=O) groups is 2. The standard InChI is InChI=1S/C23H29F3N2O4S/c1-14(2)12-28-13-18(22(3,4)5)33-21(28)27-20(31)16-11-15(32-10-6-7-19(29)30)8-9-17(16)23(24,25)26/h8-9,11,13-14H,6-7,10,12H2,1-5H3,(H,29,30). The van der Waals surface area contributed by atoms with Crippen LogP contribution in [0, 0.1) is 5.92 Å². The van der Waals surface area contributed by atoms with Crippen LogP contribution in [-0.2, 0) is 22.9 Å². The second kappa shape index (κ2) is 10.5. The Bertz CT molecular complexity index is 1060. The Balaban J connectivity index is 2.48. The van der Waals surface area contributed by atoms with Crippen molar-refractivity contribution in [3.63, 3.8) is 0 Å². The summed E-state index contributed by atoms with van der Waals surface area (Å²) in [7, 11) is 0. The van der Waals surface area contributed by atoms with Crippen molar-refractivity contribution in [3.8, 4) is 5.75 Å². The molecule has 1 heterocycles. The Hall–Kier alpha value is -2.62. The van der Waals surface area contributed by atoms with Gasteiger partial charge in [0.05, 0.1) is 17.7 Å². The minimum atomic E-state index is -4.75. The molecule has 0 saturated heterocycles. The predicted octanol–water partition coefficient (Wildman–Crippen LogP) is 5.51. The molecule has 0 spiro atoms. The van der Waals surface area contributed by atoms with Crippen molar-refractivity contribution in [1.29, 1.82) is 0 Å². The summed E-state index contributed by atoms with van der Waals surface area (Å²) in [6.45, 7) is 10.6. The lowest BCUT2D eigenvalue weighted by atomic mass is 9.95. The van der Waals surface area contributed by atoms with Gasteiger partial charge in [-0.3, -0.25) is 9.59 Å². The van der Waals surface area contributed by atoms with Crippen LogP contribution in [0.1, 0.15) is 68.3 Å². The Morgan fingerprint density at radius 3 is 2.42 bits per heavy atom. The number of alkyl halides is 3. The molecule has 0 saturated carbocycles. The van der Waals surface area contributed by atoms with Crippen LogP contribution in [-0.4, -0.2) is 28.2 Å². The molecule has 2 rings (SSSR count). The minimum Gasteiger partial charge on any atom is -0.494 e. The van der Waals surface area contributed by atoms with Gasteiger partial charge in [-0.15, -0.1) is 11.3 Å². The van der Waals surface area contributed by atoms with Crippen LogP contribution in [0.3, 0.4) is 0 Å². The first-order chi connectivity index (χ1) is 15.2. The molecule has 1 amide bonds. The van der Waals surface area contributed by atoms with Gasteiger partial charge >= 0.3 is 12.1 Å². The fourth-order valence-corrected chi connectivity index (χ4v) is 3.99. The van der Waals surface area contributed by atoms with E-state index in [0.717, 1.165) is 23.1 Å². The van der Waals surface area contributed by atoms with E-state index in [1.54, 1.807) is 4.57 Å². The van der Waals surface area contributed by atoms with E-state index in [4.69, 9.17) is 9.84 Å². The SMILES string of the molecule is CC(C)Cn1cc(C(C)(C)C)sc1=NC(=O)c1cc(OCCCC(=O)O)ccc1C(F)(F)F. The van der Waals surface area contributed by atoms with Gasteiger partial charge in [0, 0.05) is 24.0 Å². The quantitative estimate of drug-likeness (QED) is 0.499.